The van der Waals surface area contributed by atoms with E-state index in [-0.39, 0.29) is 5.91 Å². The van der Waals surface area contributed by atoms with Crippen LogP contribution in [0.5, 0.6) is 0 Å². The lowest BCUT2D eigenvalue weighted by atomic mass is 9.99. The summed E-state index contributed by atoms with van der Waals surface area (Å²) in [5, 5.41) is 0. The molecule has 1 amide bonds. The molecule has 37 heavy (non-hydrogen) atoms. The first-order chi connectivity index (χ1) is 18.1. The van der Waals surface area contributed by atoms with Crippen LogP contribution in [0, 0.1) is 0 Å². The van der Waals surface area contributed by atoms with E-state index in [0.717, 1.165) is 39.6 Å². The van der Waals surface area contributed by atoms with E-state index in [2.05, 4.69) is 53.9 Å². The molecule has 0 radical (unpaired) electrons. The molecule has 0 N–H and O–H groups in total. The zero-order valence-corrected chi connectivity index (χ0v) is 20.8. The normalized spacial score (nSPS) is 10.5. The second-order valence-electron chi connectivity index (χ2n) is 8.80. The molecular weight excluding hydrogens is 452 g/mol. The molecule has 0 aliphatic rings. The third kappa shape index (κ3) is 4.93. The van der Waals surface area contributed by atoms with Crippen molar-refractivity contribution < 1.29 is 4.79 Å². The van der Waals surface area contributed by atoms with Crippen molar-refractivity contribution in [3.63, 3.8) is 0 Å². The summed E-state index contributed by atoms with van der Waals surface area (Å²) < 4.78 is 0. The molecule has 5 aromatic rings. The summed E-state index contributed by atoms with van der Waals surface area (Å²) in [6, 6.07) is 46.7. The first-order valence-corrected chi connectivity index (χ1v) is 12.3. The molecule has 0 fully saturated rings. The van der Waals surface area contributed by atoms with Gasteiger partial charge in [-0.1, -0.05) is 104 Å². The van der Waals surface area contributed by atoms with Crippen LogP contribution < -0.4 is 9.80 Å². The standard InChI is InChI=1S/C34H28N2O/c1-26(2)34(37)36(30-22-13-6-14-23-30)32-25-15-24-31(27-16-7-3-8-17-27)33(32)35(28-18-9-4-10-19-28)29-20-11-5-12-21-29/h3-25H,1H2,2H3. The summed E-state index contributed by atoms with van der Waals surface area (Å²) in [7, 11) is 0. The van der Waals surface area contributed by atoms with Crippen molar-refractivity contribution in [2.24, 2.45) is 0 Å². The van der Waals surface area contributed by atoms with Crippen molar-refractivity contribution in [1.29, 1.82) is 0 Å². The van der Waals surface area contributed by atoms with E-state index in [0.29, 0.717) is 5.57 Å². The average Bonchev–Trinajstić information content (AvgIpc) is 2.96. The third-order valence-electron chi connectivity index (χ3n) is 6.18. The third-order valence-corrected chi connectivity index (χ3v) is 6.18. The number of carbonyl (C=O) groups excluding carboxylic acids is 1. The van der Waals surface area contributed by atoms with Crippen LogP contribution in [0.25, 0.3) is 11.1 Å². The molecule has 0 saturated heterocycles. The number of nitrogens with zero attached hydrogens (tertiary/aromatic N) is 2. The minimum atomic E-state index is -0.154. The molecule has 3 heteroatoms. The van der Waals surface area contributed by atoms with Gasteiger partial charge in [-0.05, 0) is 55.0 Å². The number of rotatable bonds is 7. The molecule has 0 saturated carbocycles. The Labute approximate surface area is 218 Å². The van der Waals surface area contributed by atoms with Gasteiger partial charge in [-0.3, -0.25) is 9.69 Å². The maximum Gasteiger partial charge on any atom is 0.257 e. The van der Waals surface area contributed by atoms with E-state index in [4.69, 9.17) is 0 Å². The molecule has 5 rings (SSSR count). The van der Waals surface area contributed by atoms with Crippen LogP contribution >= 0.6 is 0 Å². The first kappa shape index (κ1) is 23.8. The first-order valence-electron chi connectivity index (χ1n) is 12.3. The van der Waals surface area contributed by atoms with Gasteiger partial charge < -0.3 is 4.90 Å². The monoisotopic (exact) mass is 480 g/mol. The number of hydrogen-bond acceptors (Lipinski definition) is 2. The fourth-order valence-corrected chi connectivity index (χ4v) is 4.49. The molecule has 0 bridgehead atoms. The Morgan fingerprint density at radius 2 is 1.03 bits per heavy atom. The molecule has 180 valence electrons. The van der Waals surface area contributed by atoms with E-state index in [9.17, 15) is 4.79 Å². The van der Waals surface area contributed by atoms with E-state index in [1.807, 2.05) is 97.1 Å². The SMILES string of the molecule is C=C(C)C(=O)N(c1ccccc1)c1cccc(-c2ccccc2)c1N(c1ccccc1)c1ccccc1. The van der Waals surface area contributed by atoms with Crippen molar-refractivity contribution >= 4 is 34.3 Å². The molecule has 0 spiro atoms. The summed E-state index contributed by atoms with van der Waals surface area (Å²) in [4.78, 5) is 17.7. The zero-order chi connectivity index (χ0) is 25.6. The second kappa shape index (κ2) is 10.8. The van der Waals surface area contributed by atoms with Crippen LogP contribution in [0.3, 0.4) is 0 Å². The number of benzene rings is 5. The van der Waals surface area contributed by atoms with Gasteiger partial charge in [0.2, 0.25) is 0 Å². The maximum absolute atomic E-state index is 13.7. The van der Waals surface area contributed by atoms with Crippen molar-refractivity contribution in [2.45, 2.75) is 6.92 Å². The van der Waals surface area contributed by atoms with E-state index in [1.165, 1.54) is 0 Å². The number of carbonyl (C=O) groups is 1. The zero-order valence-electron chi connectivity index (χ0n) is 20.8. The predicted octanol–water partition coefficient (Wildman–Crippen LogP) is 9.06. The highest BCUT2D eigenvalue weighted by Gasteiger charge is 2.27. The lowest BCUT2D eigenvalue weighted by Crippen LogP contribution is -2.28. The Morgan fingerprint density at radius 3 is 1.51 bits per heavy atom. The molecule has 5 aromatic carbocycles. The Balaban J connectivity index is 1.88. The van der Waals surface area contributed by atoms with Crippen molar-refractivity contribution in [1.82, 2.24) is 0 Å². The molecule has 0 aliphatic heterocycles. The topological polar surface area (TPSA) is 23.6 Å². The van der Waals surface area contributed by atoms with Gasteiger partial charge >= 0.3 is 0 Å². The largest absolute Gasteiger partial charge is 0.308 e. The number of hydrogen-bond donors (Lipinski definition) is 0. The highest BCUT2D eigenvalue weighted by atomic mass is 16.2. The summed E-state index contributed by atoms with van der Waals surface area (Å²) in [6.07, 6.45) is 0. The van der Waals surface area contributed by atoms with E-state index in [1.54, 1.807) is 11.8 Å². The smallest absolute Gasteiger partial charge is 0.257 e. The summed E-state index contributed by atoms with van der Waals surface area (Å²) in [5.41, 5.74) is 6.99. The molecule has 3 nitrogen and oxygen atoms in total. The van der Waals surface area contributed by atoms with Crippen molar-refractivity contribution in [3.05, 3.63) is 152 Å². The molecule has 0 unspecified atom stereocenters. The van der Waals surface area contributed by atoms with Gasteiger partial charge in [0.05, 0.1) is 11.4 Å². The van der Waals surface area contributed by atoms with Crippen molar-refractivity contribution in [2.75, 3.05) is 9.80 Å². The summed E-state index contributed by atoms with van der Waals surface area (Å²) >= 11 is 0. The Bertz CT molecular complexity index is 1460. The van der Waals surface area contributed by atoms with Crippen molar-refractivity contribution in [3.8, 4) is 11.1 Å². The fourth-order valence-electron chi connectivity index (χ4n) is 4.49. The van der Waals surface area contributed by atoms with Crippen LogP contribution in [0.1, 0.15) is 6.92 Å². The molecule has 0 atom stereocenters. The minimum Gasteiger partial charge on any atom is -0.308 e. The van der Waals surface area contributed by atoms with Crippen LogP contribution in [0.15, 0.2) is 152 Å². The van der Waals surface area contributed by atoms with Gasteiger partial charge in [-0.2, -0.15) is 0 Å². The van der Waals surface area contributed by atoms with Gasteiger partial charge in [0.1, 0.15) is 0 Å². The van der Waals surface area contributed by atoms with E-state index < -0.39 is 0 Å². The molecule has 0 heterocycles. The number of amides is 1. The van der Waals surface area contributed by atoms with Crippen LogP contribution in [0.2, 0.25) is 0 Å². The fraction of sp³-hybridized carbons (Fsp3) is 0.0294. The van der Waals surface area contributed by atoms with Crippen LogP contribution in [0.4, 0.5) is 28.4 Å². The average molecular weight is 481 g/mol. The Hall–Kier alpha value is -4.89. The highest BCUT2D eigenvalue weighted by Crippen LogP contribution is 2.48. The number of anilines is 5. The van der Waals surface area contributed by atoms with Gasteiger partial charge in [0, 0.05) is 28.2 Å². The van der Waals surface area contributed by atoms with Gasteiger partial charge in [0.15, 0.2) is 0 Å². The predicted molar refractivity (Wildman–Crippen MR) is 155 cm³/mol. The highest BCUT2D eigenvalue weighted by molar-refractivity contribution is 6.13. The van der Waals surface area contributed by atoms with E-state index >= 15 is 0 Å². The summed E-state index contributed by atoms with van der Waals surface area (Å²) in [5.74, 6) is -0.154. The molecular formula is C34H28N2O. The van der Waals surface area contributed by atoms with Crippen LogP contribution in [-0.4, -0.2) is 5.91 Å². The van der Waals surface area contributed by atoms with Gasteiger partial charge in [-0.15, -0.1) is 0 Å². The maximum atomic E-state index is 13.7. The Kier molecular flexibility index (Phi) is 6.95. The van der Waals surface area contributed by atoms with Crippen LogP contribution in [-0.2, 0) is 4.79 Å². The lowest BCUT2D eigenvalue weighted by molar-refractivity contribution is -0.114. The quantitative estimate of drug-likeness (QED) is 0.217. The van der Waals surface area contributed by atoms with Gasteiger partial charge in [0.25, 0.3) is 5.91 Å². The Morgan fingerprint density at radius 1 is 0.568 bits per heavy atom. The molecule has 0 aliphatic carbocycles. The molecule has 0 aromatic heterocycles. The minimum absolute atomic E-state index is 0.154. The van der Waals surface area contributed by atoms with Gasteiger partial charge in [-0.25, -0.2) is 0 Å². The summed E-state index contributed by atoms with van der Waals surface area (Å²) in [6.45, 7) is 5.75. The lowest BCUT2D eigenvalue weighted by Gasteiger charge is -2.34. The second-order valence-corrected chi connectivity index (χ2v) is 8.80. The number of para-hydroxylation sites is 4.